The Bertz CT molecular complexity index is 296. The Morgan fingerprint density at radius 2 is 1.42 bits per heavy atom. The zero-order valence-electron chi connectivity index (χ0n) is 12.0. The maximum Gasteiger partial charge on any atom is 0.135 e. The number of piperidine rings is 1. The molecule has 3 nitrogen and oxygen atoms in total. The first kappa shape index (κ1) is 13.6. The van der Waals surface area contributed by atoms with Gasteiger partial charge >= 0.3 is 0 Å². The van der Waals surface area contributed by atoms with Crippen LogP contribution in [0.15, 0.2) is 0 Å². The SMILES string of the molecule is O=C1CCN(C2CCC(COCC3CC3)CC2)CC1. The first-order valence-electron chi connectivity index (χ1n) is 8.15. The van der Waals surface area contributed by atoms with Crippen molar-refractivity contribution in [3.63, 3.8) is 0 Å². The summed E-state index contributed by atoms with van der Waals surface area (Å²) in [5.74, 6) is 2.14. The molecule has 19 heavy (non-hydrogen) atoms. The van der Waals surface area contributed by atoms with E-state index >= 15 is 0 Å². The van der Waals surface area contributed by atoms with E-state index in [2.05, 4.69) is 4.90 Å². The summed E-state index contributed by atoms with van der Waals surface area (Å²) >= 11 is 0. The van der Waals surface area contributed by atoms with Crippen molar-refractivity contribution in [2.75, 3.05) is 26.3 Å². The van der Waals surface area contributed by atoms with Crippen molar-refractivity contribution in [2.45, 2.75) is 57.4 Å². The Balaban J connectivity index is 1.33. The topological polar surface area (TPSA) is 29.5 Å². The molecule has 3 aliphatic rings. The van der Waals surface area contributed by atoms with Crippen molar-refractivity contribution in [3.8, 4) is 0 Å². The average Bonchev–Trinajstić information content (AvgIpc) is 3.25. The molecule has 0 aromatic rings. The Morgan fingerprint density at radius 1 is 0.895 bits per heavy atom. The second-order valence-electron chi connectivity index (χ2n) is 6.73. The Hall–Kier alpha value is -0.410. The van der Waals surface area contributed by atoms with E-state index < -0.39 is 0 Å². The number of hydrogen-bond acceptors (Lipinski definition) is 3. The summed E-state index contributed by atoms with van der Waals surface area (Å²) in [6.07, 6.45) is 9.60. The summed E-state index contributed by atoms with van der Waals surface area (Å²) < 4.78 is 5.83. The summed E-state index contributed by atoms with van der Waals surface area (Å²) in [5, 5.41) is 0. The summed E-state index contributed by atoms with van der Waals surface area (Å²) in [4.78, 5) is 13.8. The second-order valence-corrected chi connectivity index (χ2v) is 6.73. The maximum atomic E-state index is 11.3. The predicted octanol–water partition coefficient (Wildman–Crippen LogP) is 2.64. The Labute approximate surface area is 116 Å². The van der Waals surface area contributed by atoms with E-state index in [1.165, 1.54) is 38.5 Å². The van der Waals surface area contributed by atoms with Crippen LogP contribution in [-0.4, -0.2) is 43.0 Å². The fourth-order valence-corrected chi connectivity index (χ4v) is 3.50. The van der Waals surface area contributed by atoms with Crippen molar-refractivity contribution < 1.29 is 9.53 Å². The van der Waals surface area contributed by atoms with E-state index in [4.69, 9.17) is 4.74 Å². The van der Waals surface area contributed by atoms with E-state index in [1.54, 1.807) is 0 Å². The van der Waals surface area contributed by atoms with Crippen LogP contribution in [0.3, 0.4) is 0 Å². The average molecular weight is 265 g/mol. The van der Waals surface area contributed by atoms with Gasteiger partial charge in [-0.3, -0.25) is 9.69 Å². The van der Waals surface area contributed by atoms with E-state index in [0.717, 1.165) is 57.0 Å². The van der Waals surface area contributed by atoms with Gasteiger partial charge in [-0.05, 0) is 50.4 Å². The molecule has 1 heterocycles. The zero-order chi connectivity index (χ0) is 13.1. The molecule has 108 valence electrons. The fraction of sp³-hybridized carbons (Fsp3) is 0.938. The van der Waals surface area contributed by atoms with Crippen molar-refractivity contribution in [3.05, 3.63) is 0 Å². The first-order chi connectivity index (χ1) is 9.31. The molecule has 0 bridgehead atoms. The number of carbonyl (C=O) groups excluding carboxylic acids is 1. The lowest BCUT2D eigenvalue weighted by Gasteiger charge is -2.38. The van der Waals surface area contributed by atoms with Gasteiger partial charge in [0.25, 0.3) is 0 Å². The van der Waals surface area contributed by atoms with Crippen LogP contribution in [0.2, 0.25) is 0 Å². The third-order valence-corrected chi connectivity index (χ3v) is 5.09. The molecule has 0 spiro atoms. The number of ether oxygens (including phenoxy) is 1. The van der Waals surface area contributed by atoms with Crippen molar-refractivity contribution in [1.29, 1.82) is 0 Å². The highest BCUT2D eigenvalue weighted by Gasteiger charge is 2.28. The van der Waals surface area contributed by atoms with Gasteiger partial charge in [-0.25, -0.2) is 0 Å². The van der Waals surface area contributed by atoms with E-state index in [9.17, 15) is 4.79 Å². The van der Waals surface area contributed by atoms with Crippen LogP contribution in [-0.2, 0) is 9.53 Å². The number of rotatable bonds is 5. The minimum Gasteiger partial charge on any atom is -0.381 e. The normalized spacial score (nSPS) is 33.6. The van der Waals surface area contributed by atoms with Gasteiger partial charge < -0.3 is 4.74 Å². The fourth-order valence-electron chi connectivity index (χ4n) is 3.50. The number of ketones is 1. The van der Waals surface area contributed by atoms with Gasteiger partial charge in [0.05, 0.1) is 0 Å². The Kier molecular flexibility index (Phi) is 4.54. The summed E-state index contributed by atoms with van der Waals surface area (Å²) in [6, 6.07) is 0.743. The van der Waals surface area contributed by atoms with Crippen LogP contribution < -0.4 is 0 Å². The lowest BCUT2D eigenvalue weighted by Crippen LogP contribution is -2.43. The molecular formula is C16H27NO2. The minimum atomic E-state index is 0.457. The van der Waals surface area contributed by atoms with Crippen molar-refractivity contribution >= 4 is 5.78 Å². The van der Waals surface area contributed by atoms with Crippen LogP contribution in [0.1, 0.15) is 51.4 Å². The smallest absolute Gasteiger partial charge is 0.135 e. The van der Waals surface area contributed by atoms with Crippen LogP contribution in [0.25, 0.3) is 0 Å². The number of carbonyl (C=O) groups is 1. The molecule has 0 aromatic carbocycles. The molecule has 3 rings (SSSR count). The monoisotopic (exact) mass is 265 g/mol. The molecular weight excluding hydrogens is 238 g/mol. The first-order valence-corrected chi connectivity index (χ1v) is 8.15. The third kappa shape index (κ3) is 4.03. The molecule has 3 fully saturated rings. The van der Waals surface area contributed by atoms with Crippen molar-refractivity contribution in [2.24, 2.45) is 11.8 Å². The van der Waals surface area contributed by atoms with Gasteiger partial charge in [-0.15, -0.1) is 0 Å². The van der Waals surface area contributed by atoms with Gasteiger partial charge in [-0.1, -0.05) is 0 Å². The van der Waals surface area contributed by atoms with Gasteiger partial charge in [0.15, 0.2) is 0 Å². The Morgan fingerprint density at radius 3 is 1.95 bits per heavy atom. The molecule has 2 aliphatic carbocycles. The van der Waals surface area contributed by atoms with Crippen LogP contribution in [0, 0.1) is 11.8 Å². The summed E-state index contributed by atoms with van der Waals surface area (Å²) in [6.45, 7) is 4.01. The predicted molar refractivity (Wildman–Crippen MR) is 75.1 cm³/mol. The molecule has 0 unspecified atom stereocenters. The number of likely N-dealkylation sites (tertiary alicyclic amines) is 1. The van der Waals surface area contributed by atoms with Crippen LogP contribution in [0.4, 0.5) is 0 Å². The second kappa shape index (κ2) is 6.36. The quantitative estimate of drug-likeness (QED) is 0.765. The highest BCUT2D eigenvalue weighted by atomic mass is 16.5. The molecule has 3 heteroatoms. The molecule has 0 radical (unpaired) electrons. The number of hydrogen-bond donors (Lipinski definition) is 0. The van der Waals surface area contributed by atoms with Crippen LogP contribution >= 0.6 is 0 Å². The summed E-state index contributed by atoms with van der Waals surface area (Å²) in [5.41, 5.74) is 0. The molecule has 1 saturated heterocycles. The van der Waals surface area contributed by atoms with Gasteiger partial charge in [0.1, 0.15) is 5.78 Å². The number of nitrogens with zero attached hydrogens (tertiary/aromatic N) is 1. The number of Topliss-reactive ketones (excluding diaryl/α,β-unsaturated/α-hetero) is 1. The van der Waals surface area contributed by atoms with Gasteiger partial charge in [0, 0.05) is 45.2 Å². The van der Waals surface area contributed by atoms with Gasteiger partial charge in [0.2, 0.25) is 0 Å². The maximum absolute atomic E-state index is 11.3. The highest BCUT2D eigenvalue weighted by molar-refractivity contribution is 5.79. The molecule has 0 atom stereocenters. The lowest BCUT2D eigenvalue weighted by molar-refractivity contribution is -0.122. The van der Waals surface area contributed by atoms with Crippen LogP contribution in [0.5, 0.6) is 0 Å². The minimum absolute atomic E-state index is 0.457. The van der Waals surface area contributed by atoms with E-state index in [0.29, 0.717) is 5.78 Å². The third-order valence-electron chi connectivity index (χ3n) is 5.09. The molecule has 0 aromatic heterocycles. The van der Waals surface area contributed by atoms with E-state index in [1.807, 2.05) is 0 Å². The van der Waals surface area contributed by atoms with Crippen molar-refractivity contribution in [1.82, 2.24) is 4.90 Å². The van der Waals surface area contributed by atoms with E-state index in [-0.39, 0.29) is 0 Å². The highest BCUT2D eigenvalue weighted by Crippen LogP contribution is 2.31. The largest absolute Gasteiger partial charge is 0.381 e. The molecule has 2 saturated carbocycles. The zero-order valence-corrected chi connectivity index (χ0v) is 12.0. The summed E-state index contributed by atoms with van der Waals surface area (Å²) in [7, 11) is 0. The standard InChI is InChI=1S/C16H27NO2/c18-16-7-9-17(10-8-16)15-5-3-14(4-6-15)12-19-11-13-1-2-13/h13-15H,1-12H2. The molecule has 0 amide bonds. The molecule has 0 N–H and O–H groups in total. The van der Waals surface area contributed by atoms with Gasteiger partial charge in [-0.2, -0.15) is 0 Å². The molecule has 1 aliphatic heterocycles. The lowest BCUT2D eigenvalue weighted by atomic mass is 9.85.